The Labute approximate surface area is 100 Å². The largest absolute Gasteiger partial charge is 0.377 e. The second-order valence-electron chi connectivity index (χ2n) is 5.50. The molecule has 1 saturated heterocycles. The molecule has 2 rings (SSSR count). The van der Waals surface area contributed by atoms with Crippen molar-refractivity contribution in [3.63, 3.8) is 0 Å². The van der Waals surface area contributed by atoms with Crippen LogP contribution in [0.4, 0.5) is 0 Å². The average Bonchev–Trinajstić information content (AvgIpc) is 2.59. The van der Waals surface area contributed by atoms with Gasteiger partial charge in [0.25, 0.3) is 0 Å². The maximum absolute atomic E-state index is 5.73. The van der Waals surface area contributed by atoms with Crippen LogP contribution in [0.2, 0.25) is 0 Å². The van der Waals surface area contributed by atoms with E-state index >= 15 is 0 Å². The Morgan fingerprint density at radius 2 is 1.56 bits per heavy atom. The fourth-order valence-electron chi connectivity index (χ4n) is 2.98. The van der Waals surface area contributed by atoms with Crippen LogP contribution in [0.1, 0.15) is 57.8 Å². The highest BCUT2D eigenvalue weighted by atomic mass is 16.5. The van der Waals surface area contributed by atoms with Crippen LogP contribution in [-0.4, -0.2) is 25.8 Å². The first-order valence-electron chi connectivity index (χ1n) is 7.27. The molecule has 1 unspecified atom stereocenters. The van der Waals surface area contributed by atoms with Crippen LogP contribution < -0.4 is 5.32 Å². The molecule has 0 aromatic carbocycles. The predicted molar refractivity (Wildman–Crippen MR) is 67.7 cm³/mol. The van der Waals surface area contributed by atoms with Gasteiger partial charge in [0, 0.05) is 13.2 Å². The molecule has 2 fully saturated rings. The Kier molecular flexibility index (Phi) is 5.64. The molecule has 2 aliphatic rings. The van der Waals surface area contributed by atoms with Crippen LogP contribution in [0.25, 0.3) is 0 Å². The molecule has 0 aromatic heterocycles. The average molecular weight is 225 g/mol. The van der Waals surface area contributed by atoms with Crippen LogP contribution in [-0.2, 0) is 4.74 Å². The van der Waals surface area contributed by atoms with Gasteiger partial charge in [-0.3, -0.25) is 0 Å². The fraction of sp³-hybridized carbons (Fsp3) is 1.00. The normalized spacial score (nSPS) is 28.9. The molecular formula is C14H27NO. The van der Waals surface area contributed by atoms with E-state index < -0.39 is 0 Å². The lowest BCUT2D eigenvalue weighted by atomic mass is 10.0. The third-order valence-corrected chi connectivity index (χ3v) is 4.05. The molecule has 1 aliphatic heterocycles. The molecule has 1 N–H and O–H groups in total. The van der Waals surface area contributed by atoms with Gasteiger partial charge >= 0.3 is 0 Å². The molecule has 0 amide bonds. The van der Waals surface area contributed by atoms with Gasteiger partial charge in [0.15, 0.2) is 0 Å². The lowest BCUT2D eigenvalue weighted by molar-refractivity contribution is 0.0164. The summed E-state index contributed by atoms with van der Waals surface area (Å²) in [5.74, 6) is 0.936. The predicted octanol–water partition coefficient (Wildman–Crippen LogP) is 3.12. The standard InChI is InChI=1S/C14H27NO/c1-2-4-8-13(7-3-1)11-15-12-14-9-5-6-10-16-14/h13-15H,1-12H2. The second kappa shape index (κ2) is 7.29. The van der Waals surface area contributed by atoms with E-state index in [1.807, 2.05) is 0 Å². The van der Waals surface area contributed by atoms with Gasteiger partial charge < -0.3 is 10.1 Å². The van der Waals surface area contributed by atoms with E-state index in [4.69, 9.17) is 4.74 Å². The molecule has 2 heteroatoms. The quantitative estimate of drug-likeness (QED) is 0.742. The van der Waals surface area contributed by atoms with E-state index in [1.165, 1.54) is 64.3 Å². The lowest BCUT2D eigenvalue weighted by Crippen LogP contribution is -2.34. The summed E-state index contributed by atoms with van der Waals surface area (Å²) in [6.07, 6.45) is 13.1. The number of hydrogen-bond acceptors (Lipinski definition) is 2. The third kappa shape index (κ3) is 4.42. The summed E-state index contributed by atoms with van der Waals surface area (Å²) in [6.45, 7) is 3.28. The number of rotatable bonds is 4. The minimum absolute atomic E-state index is 0.500. The zero-order valence-electron chi connectivity index (χ0n) is 10.5. The third-order valence-electron chi connectivity index (χ3n) is 4.05. The summed E-state index contributed by atoms with van der Waals surface area (Å²) in [6, 6.07) is 0. The van der Waals surface area contributed by atoms with Crippen molar-refractivity contribution < 1.29 is 4.74 Å². The Balaban J connectivity index is 1.55. The van der Waals surface area contributed by atoms with Gasteiger partial charge in [0.1, 0.15) is 0 Å². The minimum Gasteiger partial charge on any atom is -0.377 e. The lowest BCUT2D eigenvalue weighted by Gasteiger charge is -2.24. The Bertz CT molecular complexity index is 170. The van der Waals surface area contributed by atoms with Crippen molar-refractivity contribution in [1.82, 2.24) is 5.32 Å². The molecule has 0 spiro atoms. The van der Waals surface area contributed by atoms with Gasteiger partial charge in [-0.2, -0.15) is 0 Å². The first kappa shape index (κ1) is 12.4. The topological polar surface area (TPSA) is 21.3 Å². The maximum Gasteiger partial charge on any atom is 0.0699 e. The summed E-state index contributed by atoms with van der Waals surface area (Å²) in [5, 5.41) is 3.63. The Morgan fingerprint density at radius 1 is 0.812 bits per heavy atom. The smallest absolute Gasteiger partial charge is 0.0699 e. The van der Waals surface area contributed by atoms with Gasteiger partial charge in [0.2, 0.25) is 0 Å². The van der Waals surface area contributed by atoms with Crippen LogP contribution >= 0.6 is 0 Å². The van der Waals surface area contributed by atoms with Crippen LogP contribution in [0.5, 0.6) is 0 Å². The van der Waals surface area contributed by atoms with Gasteiger partial charge in [-0.15, -0.1) is 0 Å². The van der Waals surface area contributed by atoms with Gasteiger partial charge in [-0.1, -0.05) is 25.7 Å². The summed E-state index contributed by atoms with van der Waals surface area (Å²) in [7, 11) is 0. The first-order chi connectivity index (χ1) is 7.95. The van der Waals surface area contributed by atoms with Gasteiger partial charge in [0.05, 0.1) is 6.10 Å². The summed E-state index contributed by atoms with van der Waals surface area (Å²) in [4.78, 5) is 0. The highest BCUT2D eigenvalue weighted by Crippen LogP contribution is 2.22. The van der Waals surface area contributed by atoms with Crippen molar-refractivity contribution in [2.75, 3.05) is 19.7 Å². The first-order valence-corrected chi connectivity index (χ1v) is 7.27. The minimum atomic E-state index is 0.500. The number of hydrogen-bond donors (Lipinski definition) is 1. The highest BCUT2D eigenvalue weighted by Gasteiger charge is 2.15. The van der Waals surface area contributed by atoms with Gasteiger partial charge in [-0.25, -0.2) is 0 Å². The van der Waals surface area contributed by atoms with E-state index in [1.54, 1.807) is 0 Å². The molecule has 16 heavy (non-hydrogen) atoms. The molecular weight excluding hydrogens is 198 g/mol. The van der Waals surface area contributed by atoms with E-state index in [-0.39, 0.29) is 0 Å². The molecule has 1 atom stereocenters. The molecule has 0 bridgehead atoms. The van der Waals surface area contributed by atoms with E-state index in [0.717, 1.165) is 19.1 Å². The fourth-order valence-corrected chi connectivity index (χ4v) is 2.98. The zero-order valence-corrected chi connectivity index (χ0v) is 10.5. The monoisotopic (exact) mass is 225 g/mol. The van der Waals surface area contributed by atoms with Crippen LogP contribution in [0.3, 0.4) is 0 Å². The second-order valence-corrected chi connectivity index (χ2v) is 5.50. The number of nitrogens with one attached hydrogen (secondary N) is 1. The van der Waals surface area contributed by atoms with Crippen LogP contribution in [0, 0.1) is 5.92 Å². The maximum atomic E-state index is 5.73. The van der Waals surface area contributed by atoms with Crippen molar-refractivity contribution in [3.05, 3.63) is 0 Å². The van der Waals surface area contributed by atoms with E-state index in [2.05, 4.69) is 5.32 Å². The summed E-state index contributed by atoms with van der Waals surface area (Å²) >= 11 is 0. The van der Waals surface area contributed by atoms with E-state index in [9.17, 15) is 0 Å². The molecule has 94 valence electrons. The van der Waals surface area contributed by atoms with Crippen molar-refractivity contribution in [2.45, 2.75) is 63.9 Å². The molecule has 1 aliphatic carbocycles. The molecule has 2 nitrogen and oxygen atoms in total. The highest BCUT2D eigenvalue weighted by molar-refractivity contribution is 4.70. The summed E-state index contributed by atoms with van der Waals surface area (Å²) in [5.41, 5.74) is 0. The Morgan fingerprint density at radius 3 is 2.25 bits per heavy atom. The Hall–Kier alpha value is -0.0800. The molecule has 1 saturated carbocycles. The van der Waals surface area contributed by atoms with Crippen molar-refractivity contribution >= 4 is 0 Å². The molecule has 0 radical (unpaired) electrons. The van der Waals surface area contributed by atoms with Gasteiger partial charge in [-0.05, 0) is 44.6 Å². The van der Waals surface area contributed by atoms with Crippen molar-refractivity contribution in [3.8, 4) is 0 Å². The molecule has 1 heterocycles. The zero-order chi connectivity index (χ0) is 11.1. The van der Waals surface area contributed by atoms with E-state index in [0.29, 0.717) is 6.10 Å². The molecule has 0 aromatic rings. The number of ether oxygens (including phenoxy) is 1. The SMILES string of the molecule is C1CCCC(CNCC2CCCCO2)CC1. The van der Waals surface area contributed by atoms with Crippen molar-refractivity contribution in [1.29, 1.82) is 0 Å². The summed E-state index contributed by atoms with van der Waals surface area (Å²) < 4.78 is 5.73. The van der Waals surface area contributed by atoms with Crippen molar-refractivity contribution in [2.24, 2.45) is 5.92 Å². The van der Waals surface area contributed by atoms with Crippen LogP contribution in [0.15, 0.2) is 0 Å².